The average Bonchev–Trinajstić information content (AvgIpc) is 2.30. The number of halogens is 1. The van der Waals surface area contributed by atoms with Crippen molar-refractivity contribution in [2.75, 3.05) is 6.54 Å². The normalized spacial score (nSPS) is 11.9. The number of benzene rings is 1. The Morgan fingerprint density at radius 1 is 1.28 bits per heavy atom. The van der Waals surface area contributed by atoms with E-state index in [4.69, 9.17) is 23.1 Å². The molecule has 0 radical (unpaired) electrons. The summed E-state index contributed by atoms with van der Waals surface area (Å²) in [6.07, 6.45) is 0.527. The van der Waals surface area contributed by atoms with Gasteiger partial charge >= 0.3 is 0 Å². The van der Waals surface area contributed by atoms with E-state index in [-0.39, 0.29) is 12.3 Å². The molecular weight excluding hydrogens is 254 g/mol. The molecule has 2 amide bonds. The van der Waals surface area contributed by atoms with Gasteiger partial charge in [-0.15, -0.1) is 0 Å². The van der Waals surface area contributed by atoms with Crippen LogP contribution in [0.1, 0.15) is 12.0 Å². The van der Waals surface area contributed by atoms with Crippen molar-refractivity contribution in [3.63, 3.8) is 0 Å². The molecule has 1 aromatic rings. The zero-order valence-corrected chi connectivity index (χ0v) is 10.6. The summed E-state index contributed by atoms with van der Waals surface area (Å²) in [6.45, 7) is 0.451. The van der Waals surface area contributed by atoms with Gasteiger partial charge in [0, 0.05) is 11.6 Å². The van der Waals surface area contributed by atoms with Crippen molar-refractivity contribution in [1.29, 1.82) is 0 Å². The molecule has 1 aromatic carbocycles. The molecular formula is C12H16ClN3O2. The highest BCUT2D eigenvalue weighted by Crippen LogP contribution is 2.09. The summed E-state index contributed by atoms with van der Waals surface area (Å²) < 4.78 is 0. The fourth-order valence-electron chi connectivity index (χ4n) is 1.42. The van der Waals surface area contributed by atoms with Crippen molar-refractivity contribution in [2.45, 2.75) is 18.9 Å². The van der Waals surface area contributed by atoms with E-state index in [0.29, 0.717) is 18.0 Å². The number of nitrogens with two attached hydrogens (primary N) is 2. The Hall–Kier alpha value is -1.59. The molecule has 0 bridgehead atoms. The fraction of sp³-hybridized carbons (Fsp3) is 0.333. The van der Waals surface area contributed by atoms with Crippen LogP contribution >= 0.6 is 11.6 Å². The number of nitrogens with one attached hydrogen (secondary N) is 1. The first kappa shape index (κ1) is 14.5. The Kier molecular flexibility index (Phi) is 5.61. The van der Waals surface area contributed by atoms with Crippen LogP contribution in [0.5, 0.6) is 0 Å². The summed E-state index contributed by atoms with van der Waals surface area (Å²) in [5.74, 6) is -0.960. The van der Waals surface area contributed by atoms with E-state index in [1.807, 2.05) is 12.1 Å². The van der Waals surface area contributed by atoms with Gasteiger partial charge in [-0.25, -0.2) is 0 Å². The molecule has 1 unspecified atom stereocenters. The number of carbonyl (C=O) groups excluding carboxylic acids is 2. The first-order chi connectivity index (χ1) is 8.49. The van der Waals surface area contributed by atoms with Crippen LogP contribution < -0.4 is 16.8 Å². The van der Waals surface area contributed by atoms with Gasteiger partial charge in [0.15, 0.2) is 0 Å². The molecule has 1 atom stereocenters. The summed E-state index contributed by atoms with van der Waals surface area (Å²) in [5.41, 5.74) is 11.5. The quantitative estimate of drug-likeness (QED) is 0.688. The second-order valence-electron chi connectivity index (χ2n) is 3.94. The van der Waals surface area contributed by atoms with Crippen LogP contribution in [0.2, 0.25) is 5.02 Å². The van der Waals surface area contributed by atoms with E-state index in [9.17, 15) is 9.59 Å². The molecule has 0 saturated carbocycles. The van der Waals surface area contributed by atoms with Crippen LogP contribution in [0.4, 0.5) is 0 Å². The molecule has 0 fully saturated rings. The Labute approximate surface area is 110 Å². The summed E-state index contributed by atoms with van der Waals surface area (Å²) in [4.78, 5) is 22.0. The van der Waals surface area contributed by atoms with Crippen LogP contribution in [0.3, 0.4) is 0 Å². The van der Waals surface area contributed by atoms with Crippen LogP contribution in [0.15, 0.2) is 24.3 Å². The number of primary amides is 1. The average molecular weight is 270 g/mol. The number of hydrogen-bond acceptors (Lipinski definition) is 3. The number of hydrogen-bond donors (Lipinski definition) is 3. The van der Waals surface area contributed by atoms with E-state index in [0.717, 1.165) is 5.56 Å². The van der Waals surface area contributed by atoms with Gasteiger partial charge in [-0.3, -0.25) is 9.59 Å². The summed E-state index contributed by atoms with van der Waals surface area (Å²) in [5, 5.41) is 3.32. The van der Waals surface area contributed by atoms with Crippen molar-refractivity contribution in [3.05, 3.63) is 34.9 Å². The summed E-state index contributed by atoms with van der Waals surface area (Å²) in [7, 11) is 0. The van der Waals surface area contributed by atoms with Gasteiger partial charge in [-0.2, -0.15) is 0 Å². The van der Waals surface area contributed by atoms with Gasteiger partial charge in [0.1, 0.15) is 0 Å². The standard InChI is InChI=1S/C12H16ClN3O2/c13-9-3-1-8(2-4-9)5-6-16-12(18)10(14)7-11(15)17/h1-4,10H,5-7,14H2,(H2,15,17)(H,16,18). The van der Waals surface area contributed by atoms with Gasteiger partial charge in [-0.05, 0) is 24.1 Å². The SMILES string of the molecule is NC(=O)CC(N)C(=O)NCCc1ccc(Cl)cc1. The third-order valence-electron chi connectivity index (χ3n) is 2.38. The lowest BCUT2D eigenvalue weighted by Gasteiger charge is -2.10. The minimum absolute atomic E-state index is 0.146. The van der Waals surface area contributed by atoms with Gasteiger partial charge in [0.25, 0.3) is 0 Å². The monoisotopic (exact) mass is 269 g/mol. The van der Waals surface area contributed by atoms with Crippen LogP contribution in [0, 0.1) is 0 Å². The predicted octanol–water partition coefficient (Wildman–Crippen LogP) is 0.201. The van der Waals surface area contributed by atoms with E-state index in [2.05, 4.69) is 5.32 Å². The second kappa shape index (κ2) is 6.98. The molecule has 0 heterocycles. The third kappa shape index (κ3) is 5.16. The van der Waals surface area contributed by atoms with Gasteiger partial charge in [-0.1, -0.05) is 23.7 Å². The largest absolute Gasteiger partial charge is 0.370 e. The van der Waals surface area contributed by atoms with Crippen molar-refractivity contribution in [1.82, 2.24) is 5.32 Å². The zero-order chi connectivity index (χ0) is 13.5. The van der Waals surface area contributed by atoms with Gasteiger partial charge < -0.3 is 16.8 Å². The highest BCUT2D eigenvalue weighted by atomic mass is 35.5. The maximum atomic E-state index is 11.5. The Balaban J connectivity index is 2.31. The number of carbonyl (C=O) groups is 2. The van der Waals surface area contributed by atoms with Crippen LogP contribution in [-0.4, -0.2) is 24.4 Å². The predicted molar refractivity (Wildman–Crippen MR) is 70.0 cm³/mol. The van der Waals surface area contributed by atoms with Crippen molar-refractivity contribution < 1.29 is 9.59 Å². The molecule has 5 N–H and O–H groups in total. The van der Waals surface area contributed by atoms with Crippen molar-refractivity contribution >= 4 is 23.4 Å². The molecule has 0 aliphatic carbocycles. The van der Waals surface area contributed by atoms with Crippen molar-refractivity contribution in [3.8, 4) is 0 Å². The molecule has 0 aromatic heterocycles. The molecule has 1 rings (SSSR count). The highest BCUT2D eigenvalue weighted by Gasteiger charge is 2.14. The highest BCUT2D eigenvalue weighted by molar-refractivity contribution is 6.30. The lowest BCUT2D eigenvalue weighted by molar-refractivity contribution is -0.126. The molecule has 5 nitrogen and oxygen atoms in total. The van der Waals surface area contributed by atoms with Gasteiger partial charge in [0.2, 0.25) is 11.8 Å². The first-order valence-electron chi connectivity index (χ1n) is 5.55. The first-order valence-corrected chi connectivity index (χ1v) is 5.93. The van der Waals surface area contributed by atoms with Crippen LogP contribution in [-0.2, 0) is 16.0 Å². The Morgan fingerprint density at radius 2 is 1.89 bits per heavy atom. The third-order valence-corrected chi connectivity index (χ3v) is 2.64. The van der Waals surface area contributed by atoms with E-state index < -0.39 is 11.9 Å². The maximum Gasteiger partial charge on any atom is 0.237 e. The van der Waals surface area contributed by atoms with E-state index >= 15 is 0 Å². The number of amides is 2. The van der Waals surface area contributed by atoms with E-state index in [1.165, 1.54) is 0 Å². The minimum Gasteiger partial charge on any atom is -0.370 e. The molecule has 0 aliphatic heterocycles. The summed E-state index contributed by atoms with van der Waals surface area (Å²) >= 11 is 5.76. The molecule has 18 heavy (non-hydrogen) atoms. The molecule has 0 spiro atoms. The number of rotatable bonds is 6. The van der Waals surface area contributed by atoms with Crippen molar-refractivity contribution in [2.24, 2.45) is 11.5 Å². The Morgan fingerprint density at radius 3 is 2.44 bits per heavy atom. The second-order valence-corrected chi connectivity index (χ2v) is 4.38. The maximum absolute atomic E-state index is 11.5. The lowest BCUT2D eigenvalue weighted by Crippen LogP contribution is -2.43. The topological polar surface area (TPSA) is 98.2 Å². The van der Waals surface area contributed by atoms with Crippen LogP contribution in [0.25, 0.3) is 0 Å². The van der Waals surface area contributed by atoms with Gasteiger partial charge in [0.05, 0.1) is 12.5 Å². The minimum atomic E-state index is -0.882. The fourth-order valence-corrected chi connectivity index (χ4v) is 1.55. The summed E-state index contributed by atoms with van der Waals surface area (Å²) in [6, 6.07) is 6.47. The zero-order valence-electron chi connectivity index (χ0n) is 9.86. The molecule has 6 heteroatoms. The lowest BCUT2D eigenvalue weighted by atomic mass is 10.1. The molecule has 0 saturated heterocycles. The van der Waals surface area contributed by atoms with E-state index in [1.54, 1.807) is 12.1 Å². The Bertz CT molecular complexity index is 420. The molecule has 0 aliphatic rings. The molecule has 98 valence electrons. The smallest absolute Gasteiger partial charge is 0.237 e.